The molecule has 0 spiro atoms. The molecule has 2 aliphatic rings. The summed E-state index contributed by atoms with van der Waals surface area (Å²) < 4.78 is 24.5. The number of ether oxygens (including phenoxy) is 2. The highest BCUT2D eigenvalue weighted by atomic mass is 19.1. The highest BCUT2D eigenvalue weighted by Gasteiger charge is 2.34. The van der Waals surface area contributed by atoms with Crippen LogP contribution in [-0.4, -0.2) is 67.0 Å². The third kappa shape index (κ3) is 6.28. The SMILES string of the molecule is C=CC(Cc1cccc(F)c1)=NC(C)=NCC1=NOC(C2COC(CO)CO2)C1. The molecule has 1 saturated heterocycles. The van der Waals surface area contributed by atoms with Crippen molar-refractivity contribution < 1.29 is 23.8 Å². The van der Waals surface area contributed by atoms with E-state index in [0.29, 0.717) is 44.1 Å². The van der Waals surface area contributed by atoms with Gasteiger partial charge in [0.1, 0.15) is 23.9 Å². The van der Waals surface area contributed by atoms with E-state index in [1.54, 1.807) is 19.1 Å². The van der Waals surface area contributed by atoms with Gasteiger partial charge in [-0.05, 0) is 30.7 Å². The van der Waals surface area contributed by atoms with Crippen LogP contribution in [-0.2, 0) is 20.7 Å². The maximum absolute atomic E-state index is 13.3. The minimum Gasteiger partial charge on any atom is -0.394 e. The molecule has 7 nitrogen and oxygen atoms in total. The lowest BCUT2D eigenvalue weighted by molar-refractivity contribution is -0.178. The van der Waals surface area contributed by atoms with Crippen LogP contribution in [0.15, 0.2) is 52.1 Å². The molecule has 156 valence electrons. The Hall–Kier alpha value is -2.42. The zero-order valence-electron chi connectivity index (χ0n) is 16.5. The van der Waals surface area contributed by atoms with Crippen LogP contribution >= 0.6 is 0 Å². The second-order valence-electron chi connectivity index (χ2n) is 6.99. The molecule has 0 saturated carbocycles. The molecule has 1 aromatic carbocycles. The van der Waals surface area contributed by atoms with Crippen molar-refractivity contribution >= 4 is 17.3 Å². The van der Waals surface area contributed by atoms with Crippen LogP contribution in [0.2, 0.25) is 0 Å². The average molecular weight is 403 g/mol. The first-order valence-electron chi connectivity index (χ1n) is 9.58. The number of hydrogen-bond acceptors (Lipinski definition) is 6. The number of rotatable bonds is 7. The Morgan fingerprint density at radius 3 is 2.90 bits per heavy atom. The molecule has 2 aliphatic heterocycles. The lowest BCUT2D eigenvalue weighted by Gasteiger charge is -2.30. The fraction of sp³-hybridized carbons (Fsp3) is 0.476. The molecule has 0 amide bonds. The maximum Gasteiger partial charge on any atom is 0.161 e. The molecule has 1 aromatic rings. The average Bonchev–Trinajstić information content (AvgIpc) is 3.21. The van der Waals surface area contributed by atoms with Gasteiger partial charge in [-0.15, -0.1) is 0 Å². The van der Waals surface area contributed by atoms with E-state index in [-0.39, 0.29) is 30.7 Å². The van der Waals surface area contributed by atoms with Crippen molar-refractivity contribution in [3.05, 3.63) is 48.3 Å². The molecule has 0 aromatic heterocycles. The summed E-state index contributed by atoms with van der Waals surface area (Å²) in [6.07, 6.45) is 2.05. The van der Waals surface area contributed by atoms with Crippen molar-refractivity contribution in [1.82, 2.24) is 0 Å². The van der Waals surface area contributed by atoms with Crippen LogP contribution < -0.4 is 0 Å². The van der Waals surface area contributed by atoms with Gasteiger partial charge in [0.2, 0.25) is 0 Å². The summed E-state index contributed by atoms with van der Waals surface area (Å²) >= 11 is 0. The van der Waals surface area contributed by atoms with E-state index in [1.165, 1.54) is 12.1 Å². The Bertz CT molecular complexity index is 801. The van der Waals surface area contributed by atoms with E-state index in [0.717, 1.165) is 11.3 Å². The van der Waals surface area contributed by atoms with Crippen molar-refractivity contribution in [3.63, 3.8) is 0 Å². The van der Waals surface area contributed by atoms with Crippen LogP contribution in [0.25, 0.3) is 0 Å². The summed E-state index contributed by atoms with van der Waals surface area (Å²) in [6, 6.07) is 6.41. The number of aliphatic hydroxyl groups excluding tert-OH is 1. The smallest absolute Gasteiger partial charge is 0.161 e. The summed E-state index contributed by atoms with van der Waals surface area (Å²) in [6.45, 7) is 6.62. The van der Waals surface area contributed by atoms with Gasteiger partial charge in [-0.3, -0.25) is 4.99 Å². The third-order valence-electron chi connectivity index (χ3n) is 4.67. The van der Waals surface area contributed by atoms with E-state index >= 15 is 0 Å². The normalized spacial score (nSPS) is 25.5. The van der Waals surface area contributed by atoms with Crippen molar-refractivity contribution in [1.29, 1.82) is 0 Å². The standard InChI is InChI=1S/C21H26FN3O4/c1-3-17(8-15-5-4-6-16(22)7-15)24-14(2)23-10-18-9-20(29-25-18)21-13-27-19(11-26)12-28-21/h3-7,19-21,26H,1,8-13H2,2H3. The van der Waals surface area contributed by atoms with E-state index in [2.05, 4.69) is 21.7 Å². The highest BCUT2D eigenvalue weighted by molar-refractivity contribution is 6.04. The zero-order valence-corrected chi connectivity index (χ0v) is 16.5. The highest BCUT2D eigenvalue weighted by Crippen LogP contribution is 2.20. The number of allylic oxidation sites excluding steroid dienone is 1. The van der Waals surface area contributed by atoms with Crippen LogP contribution in [0.1, 0.15) is 18.9 Å². The van der Waals surface area contributed by atoms with E-state index < -0.39 is 0 Å². The molecule has 0 bridgehead atoms. The van der Waals surface area contributed by atoms with E-state index in [4.69, 9.17) is 19.4 Å². The van der Waals surface area contributed by atoms with Gasteiger partial charge in [0.25, 0.3) is 0 Å². The van der Waals surface area contributed by atoms with Gasteiger partial charge in [0.15, 0.2) is 6.10 Å². The Kier molecular flexibility index (Phi) is 7.62. The van der Waals surface area contributed by atoms with Crippen LogP contribution in [0.4, 0.5) is 4.39 Å². The number of amidine groups is 1. The van der Waals surface area contributed by atoms with Gasteiger partial charge in [-0.1, -0.05) is 23.9 Å². The molecule has 29 heavy (non-hydrogen) atoms. The quantitative estimate of drug-likeness (QED) is 0.559. The van der Waals surface area contributed by atoms with Crippen molar-refractivity contribution in [2.24, 2.45) is 15.1 Å². The van der Waals surface area contributed by atoms with Gasteiger partial charge >= 0.3 is 0 Å². The molecule has 8 heteroatoms. The van der Waals surface area contributed by atoms with Gasteiger partial charge in [-0.25, -0.2) is 9.38 Å². The van der Waals surface area contributed by atoms with Crippen LogP contribution in [0.5, 0.6) is 0 Å². The predicted molar refractivity (Wildman–Crippen MR) is 109 cm³/mol. The molecule has 1 fully saturated rings. The van der Waals surface area contributed by atoms with Gasteiger partial charge in [-0.2, -0.15) is 0 Å². The van der Waals surface area contributed by atoms with Gasteiger partial charge in [0, 0.05) is 18.6 Å². The summed E-state index contributed by atoms with van der Waals surface area (Å²) in [5, 5.41) is 13.2. The van der Waals surface area contributed by atoms with Crippen LogP contribution in [0.3, 0.4) is 0 Å². The second kappa shape index (κ2) is 10.4. The van der Waals surface area contributed by atoms with Crippen LogP contribution in [0, 0.1) is 5.82 Å². The molecule has 0 aliphatic carbocycles. The zero-order chi connectivity index (χ0) is 20.6. The largest absolute Gasteiger partial charge is 0.394 e. The third-order valence-corrected chi connectivity index (χ3v) is 4.67. The van der Waals surface area contributed by atoms with Crippen molar-refractivity contribution in [2.75, 3.05) is 26.4 Å². The maximum atomic E-state index is 13.3. The number of aliphatic hydroxyl groups is 1. The van der Waals surface area contributed by atoms with Crippen molar-refractivity contribution in [3.8, 4) is 0 Å². The molecular weight excluding hydrogens is 377 g/mol. The number of nitrogens with zero attached hydrogens (tertiary/aromatic N) is 3. The summed E-state index contributed by atoms with van der Waals surface area (Å²) in [7, 11) is 0. The molecule has 3 unspecified atom stereocenters. The minimum absolute atomic E-state index is 0.0551. The number of halogens is 1. The summed E-state index contributed by atoms with van der Waals surface area (Å²) in [4.78, 5) is 14.4. The number of benzene rings is 1. The first-order valence-corrected chi connectivity index (χ1v) is 9.58. The molecule has 1 N–H and O–H groups in total. The van der Waals surface area contributed by atoms with E-state index in [9.17, 15) is 4.39 Å². The second-order valence-corrected chi connectivity index (χ2v) is 6.99. The first kappa shape index (κ1) is 21.3. The lowest BCUT2D eigenvalue weighted by Crippen LogP contribution is -2.43. The van der Waals surface area contributed by atoms with Crippen molar-refractivity contribution in [2.45, 2.75) is 38.1 Å². The summed E-state index contributed by atoms with van der Waals surface area (Å²) in [5.74, 6) is 0.315. The summed E-state index contributed by atoms with van der Waals surface area (Å²) in [5.41, 5.74) is 2.35. The molecule has 0 radical (unpaired) electrons. The Morgan fingerprint density at radius 2 is 2.21 bits per heavy atom. The number of aliphatic imine (C=N–C) groups is 2. The topological polar surface area (TPSA) is 85.0 Å². The minimum atomic E-state index is -0.274. The molecule has 3 atom stereocenters. The number of hydrogen-bond donors (Lipinski definition) is 1. The first-order chi connectivity index (χ1) is 14.1. The van der Waals surface area contributed by atoms with Gasteiger partial charge < -0.3 is 19.4 Å². The lowest BCUT2D eigenvalue weighted by atomic mass is 10.1. The molecule has 2 heterocycles. The predicted octanol–water partition coefficient (Wildman–Crippen LogP) is 2.33. The molecular formula is C21H26FN3O4. The Balaban J connectivity index is 1.50. The van der Waals surface area contributed by atoms with E-state index in [1.807, 2.05) is 6.07 Å². The fourth-order valence-electron chi connectivity index (χ4n) is 3.08. The Labute approximate surface area is 169 Å². The fourth-order valence-corrected chi connectivity index (χ4v) is 3.08. The number of oxime groups is 1. The molecule has 3 rings (SSSR count). The van der Waals surface area contributed by atoms with Gasteiger partial charge in [0.05, 0.1) is 32.1 Å². The Morgan fingerprint density at radius 1 is 1.34 bits per heavy atom. The monoisotopic (exact) mass is 403 g/mol.